The number of aliphatic hydroxyl groups is 2. The lowest BCUT2D eigenvalue weighted by Gasteiger charge is -2.27. The summed E-state index contributed by atoms with van der Waals surface area (Å²) in [6, 6.07) is 0. The molecule has 0 fully saturated rings. The molecule has 1 aliphatic rings. The largest absolute Gasteiger partial charge is 0.458 e. The van der Waals surface area contributed by atoms with Crippen molar-refractivity contribution in [2.24, 2.45) is 23.7 Å². The van der Waals surface area contributed by atoms with Crippen LogP contribution in [-0.4, -0.2) is 46.6 Å². The molecular weight excluding hydrogens is 456 g/mol. The topological polar surface area (TPSA) is 93.1 Å². The van der Waals surface area contributed by atoms with Crippen molar-refractivity contribution < 1.29 is 29.3 Å². The molecule has 6 nitrogen and oxygen atoms in total. The molecule has 2 N–H and O–H groups in total. The Bertz CT molecular complexity index is 795. The number of esters is 2. The highest BCUT2D eigenvalue weighted by atomic mass is 16.5. The van der Waals surface area contributed by atoms with E-state index >= 15 is 0 Å². The van der Waals surface area contributed by atoms with Crippen LogP contribution in [-0.2, 0) is 19.1 Å². The maximum absolute atomic E-state index is 12.5. The van der Waals surface area contributed by atoms with E-state index in [9.17, 15) is 19.8 Å². The van der Waals surface area contributed by atoms with Crippen molar-refractivity contribution in [3.8, 4) is 0 Å². The Balaban J connectivity index is 2.98. The van der Waals surface area contributed by atoms with Crippen molar-refractivity contribution in [1.29, 1.82) is 0 Å². The number of hydrogen-bond donors (Lipinski definition) is 2. The molecule has 0 aromatic rings. The van der Waals surface area contributed by atoms with Crippen LogP contribution in [0.1, 0.15) is 80.6 Å². The third-order valence-corrected chi connectivity index (χ3v) is 6.78. The highest BCUT2D eigenvalue weighted by Crippen LogP contribution is 2.24. The van der Waals surface area contributed by atoms with Gasteiger partial charge in [0.05, 0.1) is 18.6 Å². The van der Waals surface area contributed by atoms with Crippen LogP contribution in [0.5, 0.6) is 0 Å². The second-order valence-electron chi connectivity index (χ2n) is 10.4. The molecule has 8 unspecified atom stereocenters. The summed E-state index contributed by atoms with van der Waals surface area (Å²) in [5, 5.41) is 20.2. The van der Waals surface area contributed by atoms with E-state index in [1.165, 1.54) is 6.92 Å². The van der Waals surface area contributed by atoms with Gasteiger partial charge in [-0.3, -0.25) is 9.59 Å². The number of hydrogen-bond acceptors (Lipinski definition) is 6. The van der Waals surface area contributed by atoms with Gasteiger partial charge in [-0.05, 0) is 62.0 Å². The fourth-order valence-corrected chi connectivity index (χ4v) is 4.22. The third-order valence-electron chi connectivity index (χ3n) is 6.78. The molecule has 0 amide bonds. The number of aliphatic hydroxyl groups excluding tert-OH is 2. The van der Waals surface area contributed by atoms with Crippen molar-refractivity contribution in [1.82, 2.24) is 0 Å². The standard InChI is InChI=1S/C30H48O6/c1-8-27(33)21(3)13-9-11-20(2)12-10-14-23(5)30-24(6)16-18-28(35-25(7)31)22(4)15-17-26(32)19-29(34)36-30/h9-10,12-14,16,18,20-22,24,26-28,30,32-33H,8,11,15,17,19H2,1-7H3. The molecule has 0 saturated heterocycles. The predicted octanol–water partition coefficient (Wildman–Crippen LogP) is 5.70. The van der Waals surface area contributed by atoms with Gasteiger partial charge in [0.2, 0.25) is 0 Å². The number of ether oxygens (including phenoxy) is 2. The fourth-order valence-electron chi connectivity index (χ4n) is 4.22. The Kier molecular flexibility index (Phi) is 14.6. The number of allylic oxidation sites excluding steroid dienone is 4. The van der Waals surface area contributed by atoms with Crippen LogP contribution in [0.15, 0.2) is 48.1 Å². The second kappa shape index (κ2) is 16.5. The van der Waals surface area contributed by atoms with Gasteiger partial charge in [-0.15, -0.1) is 0 Å². The monoisotopic (exact) mass is 504 g/mol. The van der Waals surface area contributed by atoms with Crippen LogP contribution in [0, 0.1) is 23.7 Å². The van der Waals surface area contributed by atoms with E-state index in [4.69, 9.17) is 9.47 Å². The van der Waals surface area contributed by atoms with Gasteiger partial charge in [-0.2, -0.15) is 0 Å². The third kappa shape index (κ3) is 12.2. The fraction of sp³-hybridized carbons (Fsp3) is 0.667. The zero-order valence-electron chi connectivity index (χ0n) is 23.2. The summed E-state index contributed by atoms with van der Waals surface area (Å²) < 4.78 is 11.3. The minimum absolute atomic E-state index is 0.0178. The van der Waals surface area contributed by atoms with Crippen LogP contribution in [0.25, 0.3) is 0 Å². The predicted molar refractivity (Wildman–Crippen MR) is 144 cm³/mol. The quantitative estimate of drug-likeness (QED) is 0.238. The van der Waals surface area contributed by atoms with E-state index in [-0.39, 0.29) is 36.2 Å². The van der Waals surface area contributed by atoms with Crippen molar-refractivity contribution in [2.75, 3.05) is 0 Å². The molecule has 0 aromatic carbocycles. The normalized spacial score (nSPS) is 29.3. The zero-order valence-corrected chi connectivity index (χ0v) is 23.2. The van der Waals surface area contributed by atoms with E-state index in [0.29, 0.717) is 18.8 Å². The number of cyclic esters (lactones) is 1. The van der Waals surface area contributed by atoms with Gasteiger partial charge in [-0.1, -0.05) is 71.1 Å². The van der Waals surface area contributed by atoms with Crippen molar-refractivity contribution >= 4 is 11.9 Å². The summed E-state index contributed by atoms with van der Waals surface area (Å²) >= 11 is 0. The first-order chi connectivity index (χ1) is 16.9. The van der Waals surface area contributed by atoms with E-state index < -0.39 is 24.3 Å². The lowest BCUT2D eigenvalue weighted by atomic mass is 9.92. The van der Waals surface area contributed by atoms with Crippen molar-refractivity contribution in [3.63, 3.8) is 0 Å². The first-order valence-corrected chi connectivity index (χ1v) is 13.4. The molecule has 6 heteroatoms. The summed E-state index contributed by atoms with van der Waals surface area (Å²) in [7, 11) is 0. The molecule has 0 radical (unpaired) electrons. The van der Waals surface area contributed by atoms with E-state index in [1.807, 2.05) is 58.9 Å². The average Bonchev–Trinajstić information content (AvgIpc) is 2.81. The smallest absolute Gasteiger partial charge is 0.309 e. The van der Waals surface area contributed by atoms with Gasteiger partial charge >= 0.3 is 11.9 Å². The van der Waals surface area contributed by atoms with Crippen LogP contribution < -0.4 is 0 Å². The van der Waals surface area contributed by atoms with E-state index in [1.54, 1.807) is 0 Å². The maximum Gasteiger partial charge on any atom is 0.309 e. The molecule has 1 rings (SSSR count). The van der Waals surface area contributed by atoms with Crippen molar-refractivity contribution in [2.45, 2.75) is 105 Å². The molecule has 0 aliphatic carbocycles. The molecule has 8 atom stereocenters. The molecule has 1 aliphatic heterocycles. The number of carbonyl (C=O) groups excluding carboxylic acids is 2. The van der Waals surface area contributed by atoms with E-state index in [0.717, 1.165) is 18.4 Å². The number of carbonyl (C=O) groups is 2. The highest BCUT2D eigenvalue weighted by molar-refractivity contribution is 5.70. The molecule has 0 aromatic heterocycles. The van der Waals surface area contributed by atoms with Gasteiger partial charge < -0.3 is 19.7 Å². The van der Waals surface area contributed by atoms with Gasteiger partial charge in [-0.25, -0.2) is 0 Å². The summed E-state index contributed by atoms with van der Waals surface area (Å²) in [6.45, 7) is 13.4. The lowest BCUT2D eigenvalue weighted by Crippen LogP contribution is -2.30. The highest BCUT2D eigenvalue weighted by Gasteiger charge is 2.26. The first-order valence-electron chi connectivity index (χ1n) is 13.4. The lowest BCUT2D eigenvalue weighted by molar-refractivity contribution is -0.151. The van der Waals surface area contributed by atoms with Crippen LogP contribution >= 0.6 is 0 Å². The zero-order chi connectivity index (χ0) is 27.3. The summed E-state index contributed by atoms with van der Waals surface area (Å²) in [5.41, 5.74) is 0.891. The Morgan fingerprint density at radius 3 is 2.53 bits per heavy atom. The molecule has 1 heterocycles. The van der Waals surface area contributed by atoms with Gasteiger partial charge in [0.25, 0.3) is 0 Å². The minimum Gasteiger partial charge on any atom is -0.458 e. The SMILES string of the molecule is CCC(O)C(C)C=CCC(C)C=CC=C(C)C1OC(=O)CC(O)CCC(C)C(OC(C)=O)C=CC1C. The number of rotatable bonds is 9. The summed E-state index contributed by atoms with van der Waals surface area (Å²) in [4.78, 5) is 24.1. The van der Waals surface area contributed by atoms with Gasteiger partial charge in [0.15, 0.2) is 0 Å². The van der Waals surface area contributed by atoms with E-state index in [2.05, 4.69) is 25.2 Å². The molecule has 0 spiro atoms. The Labute approximate surface area is 218 Å². The van der Waals surface area contributed by atoms with Gasteiger partial charge in [0, 0.05) is 12.8 Å². The first kappa shape index (κ1) is 31.8. The Hall–Kier alpha value is -2.18. The second-order valence-corrected chi connectivity index (χ2v) is 10.4. The van der Waals surface area contributed by atoms with Crippen LogP contribution in [0.3, 0.4) is 0 Å². The Morgan fingerprint density at radius 2 is 1.89 bits per heavy atom. The molecule has 204 valence electrons. The molecule has 0 bridgehead atoms. The summed E-state index contributed by atoms with van der Waals surface area (Å²) in [6.07, 6.45) is 14.7. The summed E-state index contributed by atoms with van der Waals surface area (Å²) in [5.74, 6) is -0.442. The van der Waals surface area contributed by atoms with Crippen LogP contribution in [0.2, 0.25) is 0 Å². The molecular formula is C30H48O6. The molecule has 36 heavy (non-hydrogen) atoms. The minimum atomic E-state index is -0.795. The van der Waals surface area contributed by atoms with Gasteiger partial charge in [0.1, 0.15) is 12.2 Å². The van der Waals surface area contributed by atoms with Crippen molar-refractivity contribution in [3.05, 3.63) is 48.1 Å². The maximum atomic E-state index is 12.5. The Morgan fingerprint density at radius 1 is 1.19 bits per heavy atom. The molecule has 0 saturated carbocycles. The van der Waals surface area contributed by atoms with Crippen LogP contribution in [0.4, 0.5) is 0 Å². The average molecular weight is 505 g/mol.